The third-order valence-corrected chi connectivity index (χ3v) is 9.00. The minimum absolute atomic E-state index is 0.0497. The van der Waals surface area contributed by atoms with Gasteiger partial charge in [0.05, 0.1) is 30.3 Å². The summed E-state index contributed by atoms with van der Waals surface area (Å²) >= 11 is 0. The second kappa shape index (κ2) is 12.7. The highest BCUT2D eigenvalue weighted by Gasteiger charge is 2.34. The number of fused-ring (bicyclic) bond motifs is 4. The molecule has 2 N–H and O–H groups in total. The van der Waals surface area contributed by atoms with Gasteiger partial charge in [-0.15, -0.1) is 0 Å². The lowest BCUT2D eigenvalue weighted by Gasteiger charge is -2.28. The fourth-order valence-corrected chi connectivity index (χ4v) is 6.71. The number of rotatable bonds is 7. The number of nitrogens with zero attached hydrogens (tertiary/aromatic N) is 3. The van der Waals surface area contributed by atoms with Crippen molar-refractivity contribution >= 4 is 39.4 Å². The fourth-order valence-electron chi connectivity index (χ4n) is 6.71. The lowest BCUT2D eigenvalue weighted by Crippen LogP contribution is -2.41. The number of carbonyl (C=O) groups excluding carboxylic acids is 2. The number of anilines is 1. The van der Waals surface area contributed by atoms with Crippen molar-refractivity contribution in [1.29, 1.82) is 0 Å². The second-order valence-corrected chi connectivity index (χ2v) is 13.6. The number of pyridine rings is 1. The van der Waals surface area contributed by atoms with Gasteiger partial charge in [0.2, 0.25) is 5.43 Å². The fraction of sp³-hybridized carbons (Fsp3) is 0.417. The Kier molecular flexibility index (Phi) is 8.46. The summed E-state index contributed by atoms with van der Waals surface area (Å²) < 4.78 is 35.1. The summed E-state index contributed by atoms with van der Waals surface area (Å²) in [6.07, 6.45) is 2.27. The van der Waals surface area contributed by atoms with Gasteiger partial charge in [0.15, 0.2) is 17.3 Å². The molecule has 0 spiro atoms. The summed E-state index contributed by atoms with van der Waals surface area (Å²) in [6.45, 7) is 10.4. The van der Waals surface area contributed by atoms with Crippen LogP contribution in [-0.4, -0.2) is 90.5 Å². The van der Waals surface area contributed by atoms with Gasteiger partial charge in [0.1, 0.15) is 22.4 Å². The summed E-state index contributed by atoms with van der Waals surface area (Å²) in [5, 5.41) is 7.87. The molecular formula is C36H40FN5O6. The van der Waals surface area contributed by atoms with Crippen LogP contribution in [0.2, 0.25) is 0 Å². The van der Waals surface area contributed by atoms with Crippen LogP contribution in [0.3, 0.4) is 0 Å². The summed E-state index contributed by atoms with van der Waals surface area (Å²) in [5.41, 5.74) is -0.124. The minimum atomic E-state index is -0.656. The quantitative estimate of drug-likeness (QED) is 0.228. The lowest BCUT2D eigenvalue weighted by atomic mass is 10.0. The van der Waals surface area contributed by atoms with Gasteiger partial charge in [-0.3, -0.25) is 14.5 Å². The predicted octanol–water partition coefficient (Wildman–Crippen LogP) is 5.26. The van der Waals surface area contributed by atoms with Gasteiger partial charge in [-0.2, -0.15) is 0 Å². The number of halogens is 1. The first-order chi connectivity index (χ1) is 23.1. The number of amides is 2. The van der Waals surface area contributed by atoms with Crippen LogP contribution < -0.4 is 20.8 Å². The van der Waals surface area contributed by atoms with Crippen LogP contribution in [-0.2, 0) is 9.47 Å². The Bertz CT molecular complexity index is 1970. The SMILES string of the molecule is CC(C)(C)OC(=O)N[C@@H]1CCN(C(=O)c2cn3c4c(c(NCCCN5CCOCC5)c(F)cc4c2=O)Oc2c-3ccc3ccccc23)C1. The summed E-state index contributed by atoms with van der Waals surface area (Å²) in [7, 11) is 0. The van der Waals surface area contributed by atoms with E-state index >= 15 is 4.39 Å². The molecule has 0 unspecified atom stereocenters. The van der Waals surface area contributed by atoms with E-state index in [1.165, 1.54) is 6.07 Å². The number of nitrogens with one attached hydrogen (secondary N) is 2. The molecule has 3 aliphatic rings. The number of benzene rings is 3. The molecule has 2 amide bonds. The Morgan fingerprint density at radius 3 is 2.62 bits per heavy atom. The van der Waals surface area contributed by atoms with E-state index in [-0.39, 0.29) is 35.0 Å². The minimum Gasteiger partial charge on any atom is -0.450 e. The summed E-state index contributed by atoms with van der Waals surface area (Å²) in [6, 6.07) is 12.4. The van der Waals surface area contributed by atoms with E-state index in [1.807, 2.05) is 36.4 Å². The number of hydrogen-bond acceptors (Lipinski definition) is 8. The first-order valence-corrected chi connectivity index (χ1v) is 16.5. The van der Waals surface area contributed by atoms with E-state index in [1.54, 1.807) is 36.4 Å². The standard InChI is InChI=1S/C36H40FN5O6/c1-36(2,3)48-35(45)39-23-11-14-41(20-23)34(44)26-21-42-28-10-9-22-7-4-5-8-24(22)32(28)47-33-29(27(37)19-25(30(33)42)31(26)43)38-12-6-13-40-15-17-46-18-16-40/h4-5,7-10,19,21,23,38H,6,11-18,20H2,1-3H3,(H,39,45)/t23-/m1/s1. The molecule has 48 heavy (non-hydrogen) atoms. The zero-order valence-corrected chi connectivity index (χ0v) is 27.4. The predicted molar refractivity (Wildman–Crippen MR) is 181 cm³/mol. The molecule has 3 aromatic carbocycles. The zero-order valence-electron chi connectivity index (χ0n) is 27.4. The van der Waals surface area contributed by atoms with Crippen LogP contribution in [0, 0.1) is 5.82 Å². The Labute approximate surface area is 277 Å². The van der Waals surface area contributed by atoms with Crippen molar-refractivity contribution in [1.82, 2.24) is 19.7 Å². The molecule has 12 heteroatoms. The van der Waals surface area contributed by atoms with Crippen molar-refractivity contribution in [2.75, 3.05) is 57.8 Å². The van der Waals surface area contributed by atoms with Gasteiger partial charge in [-0.1, -0.05) is 30.3 Å². The van der Waals surface area contributed by atoms with Crippen molar-refractivity contribution in [3.8, 4) is 17.2 Å². The molecule has 11 nitrogen and oxygen atoms in total. The van der Waals surface area contributed by atoms with Crippen LogP contribution in [0.5, 0.6) is 11.5 Å². The smallest absolute Gasteiger partial charge is 0.407 e. The average molecular weight is 658 g/mol. The number of carbonyl (C=O) groups is 2. The van der Waals surface area contributed by atoms with E-state index in [2.05, 4.69) is 15.5 Å². The van der Waals surface area contributed by atoms with Gasteiger partial charge in [0, 0.05) is 44.3 Å². The molecule has 1 atom stereocenters. The summed E-state index contributed by atoms with van der Waals surface area (Å²) in [5.74, 6) is -0.406. The van der Waals surface area contributed by atoms with Gasteiger partial charge < -0.3 is 34.3 Å². The first-order valence-electron chi connectivity index (χ1n) is 16.5. The molecule has 3 aliphatic heterocycles. The molecular weight excluding hydrogens is 617 g/mol. The second-order valence-electron chi connectivity index (χ2n) is 13.6. The highest BCUT2D eigenvalue weighted by molar-refractivity contribution is 6.03. The number of likely N-dealkylation sites (tertiary alicyclic amines) is 1. The van der Waals surface area contributed by atoms with Crippen LogP contribution in [0.1, 0.15) is 44.0 Å². The van der Waals surface area contributed by atoms with Crippen molar-refractivity contribution in [2.24, 2.45) is 0 Å². The molecule has 7 rings (SSSR count). The normalized spacial score (nSPS) is 17.7. The third-order valence-electron chi connectivity index (χ3n) is 9.00. The third kappa shape index (κ3) is 6.17. The van der Waals surface area contributed by atoms with Crippen molar-refractivity contribution in [3.63, 3.8) is 0 Å². The maximum Gasteiger partial charge on any atom is 0.407 e. The van der Waals surface area contributed by atoms with Crippen LogP contribution in [0.25, 0.3) is 27.4 Å². The van der Waals surface area contributed by atoms with Crippen LogP contribution in [0.15, 0.2) is 53.5 Å². The maximum absolute atomic E-state index is 16.0. The number of ether oxygens (including phenoxy) is 3. The van der Waals surface area contributed by atoms with Gasteiger partial charge in [-0.05, 0) is 57.7 Å². The van der Waals surface area contributed by atoms with Gasteiger partial charge >= 0.3 is 6.09 Å². The highest BCUT2D eigenvalue weighted by atomic mass is 19.1. The molecule has 4 heterocycles. The number of aromatic nitrogens is 1. The van der Waals surface area contributed by atoms with E-state index in [0.29, 0.717) is 49.7 Å². The van der Waals surface area contributed by atoms with Crippen molar-refractivity contribution in [2.45, 2.75) is 45.3 Å². The number of morpholine rings is 1. The van der Waals surface area contributed by atoms with E-state index in [0.717, 1.165) is 36.8 Å². The van der Waals surface area contributed by atoms with E-state index < -0.39 is 28.8 Å². The molecule has 1 aromatic heterocycles. The molecule has 4 aromatic rings. The van der Waals surface area contributed by atoms with Crippen LogP contribution in [0.4, 0.5) is 14.9 Å². The molecule has 0 radical (unpaired) electrons. The Balaban J connectivity index is 1.24. The first kappa shape index (κ1) is 31.9. The average Bonchev–Trinajstić information content (AvgIpc) is 3.52. The number of hydrogen-bond donors (Lipinski definition) is 2. The maximum atomic E-state index is 16.0. The van der Waals surface area contributed by atoms with E-state index in [9.17, 15) is 14.4 Å². The molecule has 2 saturated heterocycles. The lowest BCUT2D eigenvalue weighted by molar-refractivity contribution is 0.0378. The molecule has 0 bridgehead atoms. The number of alkyl carbamates (subject to hydrolysis) is 1. The molecule has 0 saturated carbocycles. The highest BCUT2D eigenvalue weighted by Crippen LogP contribution is 2.47. The van der Waals surface area contributed by atoms with Gasteiger partial charge in [0.25, 0.3) is 5.91 Å². The van der Waals surface area contributed by atoms with Gasteiger partial charge in [-0.25, -0.2) is 9.18 Å². The molecule has 0 aliphatic carbocycles. The monoisotopic (exact) mass is 657 g/mol. The topological polar surface area (TPSA) is 114 Å². The Morgan fingerprint density at radius 2 is 1.83 bits per heavy atom. The Morgan fingerprint density at radius 1 is 1.04 bits per heavy atom. The van der Waals surface area contributed by atoms with Crippen molar-refractivity contribution < 1.29 is 28.2 Å². The zero-order chi connectivity index (χ0) is 33.6. The Hall–Kier alpha value is -4.68. The van der Waals surface area contributed by atoms with E-state index in [4.69, 9.17) is 14.2 Å². The van der Waals surface area contributed by atoms with Crippen molar-refractivity contribution in [3.05, 3.63) is 70.3 Å². The largest absolute Gasteiger partial charge is 0.450 e. The summed E-state index contributed by atoms with van der Waals surface area (Å²) in [4.78, 5) is 44.2. The molecule has 2 fully saturated rings. The van der Waals surface area contributed by atoms with Crippen LogP contribution >= 0.6 is 0 Å². The molecule has 252 valence electrons.